The first-order valence-corrected chi connectivity index (χ1v) is 8.34. The van der Waals surface area contributed by atoms with Crippen molar-refractivity contribution in [1.82, 2.24) is 0 Å². The third-order valence-corrected chi connectivity index (χ3v) is 3.98. The maximum atomic E-state index is 11.2. The lowest BCUT2D eigenvalue weighted by Gasteiger charge is -2.09. The summed E-state index contributed by atoms with van der Waals surface area (Å²) in [5, 5.41) is 1.99. The van der Waals surface area contributed by atoms with Gasteiger partial charge in [0.15, 0.2) is 0 Å². The van der Waals surface area contributed by atoms with Crippen LogP contribution in [0.4, 0.5) is 0 Å². The molecule has 2 aromatic carbocycles. The molecule has 0 saturated heterocycles. The van der Waals surface area contributed by atoms with E-state index >= 15 is 0 Å². The molecule has 3 nitrogen and oxygen atoms in total. The largest absolute Gasteiger partial charge is 0.329 e. The molecule has 0 aliphatic rings. The number of rotatable bonds is 5. The van der Waals surface area contributed by atoms with Crippen LogP contribution in [0.15, 0.2) is 36.4 Å². The Morgan fingerprint density at radius 3 is 2.63 bits per heavy atom. The number of benzene rings is 2. The van der Waals surface area contributed by atoms with Crippen molar-refractivity contribution in [2.75, 3.05) is 0 Å². The summed E-state index contributed by atoms with van der Waals surface area (Å²) in [6.45, 7) is 2.15. The molecule has 0 bridgehead atoms. The van der Waals surface area contributed by atoms with E-state index in [1.807, 2.05) is 18.2 Å². The Morgan fingerprint density at radius 1 is 1.16 bits per heavy atom. The minimum Gasteiger partial charge on any atom is -0.324 e. The maximum absolute atomic E-state index is 11.2. The van der Waals surface area contributed by atoms with Crippen LogP contribution in [0.25, 0.3) is 10.8 Å². The first-order chi connectivity index (χ1) is 8.99. The van der Waals surface area contributed by atoms with Gasteiger partial charge in [-0.1, -0.05) is 49.7 Å². The summed E-state index contributed by atoms with van der Waals surface area (Å²) in [5.41, 5.74) is 1.96. The molecule has 0 amide bonds. The third kappa shape index (κ3) is 3.90. The van der Waals surface area contributed by atoms with Gasteiger partial charge in [0, 0.05) is 0 Å². The Kier molecular flexibility index (Phi) is 4.41. The third-order valence-electron chi connectivity index (χ3n) is 3.23. The van der Waals surface area contributed by atoms with E-state index < -0.39 is 7.60 Å². The average Bonchev–Trinajstić information content (AvgIpc) is 2.35. The average molecular weight is 278 g/mol. The van der Waals surface area contributed by atoms with Gasteiger partial charge >= 0.3 is 7.60 Å². The minimum absolute atomic E-state index is 0.193. The van der Waals surface area contributed by atoms with Crippen LogP contribution in [-0.2, 0) is 17.1 Å². The Morgan fingerprint density at radius 2 is 1.95 bits per heavy atom. The standard InChI is InChI=1S/C15H19O3P/c1-2-3-5-12-8-9-13-6-4-7-14(15(13)10-12)11-19(16,17)18/h4,6-10H,2-3,5,11H2,1H3,(H2,16,17,18). The molecule has 102 valence electrons. The molecule has 2 N–H and O–H groups in total. The van der Waals surface area contributed by atoms with E-state index in [0.717, 1.165) is 35.6 Å². The number of fused-ring (bicyclic) bond motifs is 1. The molecule has 0 fully saturated rings. The topological polar surface area (TPSA) is 57.5 Å². The van der Waals surface area contributed by atoms with Crippen LogP contribution < -0.4 is 0 Å². The smallest absolute Gasteiger partial charge is 0.324 e. The zero-order chi connectivity index (χ0) is 13.9. The molecule has 0 unspecified atom stereocenters. The van der Waals surface area contributed by atoms with Gasteiger partial charge in [0.1, 0.15) is 0 Å². The number of hydrogen-bond donors (Lipinski definition) is 2. The van der Waals surface area contributed by atoms with Crippen molar-refractivity contribution in [3.8, 4) is 0 Å². The van der Waals surface area contributed by atoms with Crippen LogP contribution >= 0.6 is 7.60 Å². The summed E-state index contributed by atoms with van der Waals surface area (Å²) in [7, 11) is -4.03. The quantitative estimate of drug-likeness (QED) is 0.816. The highest BCUT2D eigenvalue weighted by molar-refractivity contribution is 7.50. The molecule has 4 heteroatoms. The fourth-order valence-corrected chi connectivity index (χ4v) is 3.00. The van der Waals surface area contributed by atoms with Crippen LogP contribution in [0, 0.1) is 0 Å². The predicted octanol–water partition coefficient (Wildman–Crippen LogP) is 3.86. The van der Waals surface area contributed by atoms with E-state index in [-0.39, 0.29) is 6.16 Å². The first kappa shape index (κ1) is 14.3. The van der Waals surface area contributed by atoms with Crippen molar-refractivity contribution >= 4 is 18.4 Å². The summed E-state index contributed by atoms with van der Waals surface area (Å²) in [6.07, 6.45) is 3.09. The van der Waals surface area contributed by atoms with Crippen molar-refractivity contribution in [3.05, 3.63) is 47.5 Å². The van der Waals surface area contributed by atoms with E-state index in [1.54, 1.807) is 6.07 Å². The fourth-order valence-electron chi connectivity index (χ4n) is 2.28. The Bertz CT molecular complexity index is 616. The Labute approximate surface area is 113 Å². The van der Waals surface area contributed by atoms with E-state index in [2.05, 4.69) is 19.1 Å². The molecule has 0 radical (unpaired) electrons. The molecule has 0 spiro atoms. The summed E-state index contributed by atoms with van der Waals surface area (Å²) in [5.74, 6) is 0. The molecule has 2 aromatic rings. The van der Waals surface area contributed by atoms with E-state index in [1.165, 1.54) is 5.56 Å². The second-order valence-electron chi connectivity index (χ2n) is 4.90. The summed E-state index contributed by atoms with van der Waals surface area (Å²) in [4.78, 5) is 18.3. The molecule has 0 aromatic heterocycles. The zero-order valence-electron chi connectivity index (χ0n) is 11.0. The monoisotopic (exact) mass is 278 g/mol. The second kappa shape index (κ2) is 5.87. The van der Waals surface area contributed by atoms with Crippen molar-refractivity contribution < 1.29 is 14.4 Å². The van der Waals surface area contributed by atoms with Crippen LogP contribution in [0.3, 0.4) is 0 Å². The first-order valence-electron chi connectivity index (χ1n) is 6.55. The molecular formula is C15H19O3P. The van der Waals surface area contributed by atoms with E-state index in [0.29, 0.717) is 0 Å². The van der Waals surface area contributed by atoms with Gasteiger partial charge in [0.2, 0.25) is 0 Å². The maximum Gasteiger partial charge on any atom is 0.329 e. The number of aryl methyl sites for hydroxylation is 1. The van der Waals surface area contributed by atoms with Gasteiger partial charge in [-0.25, -0.2) is 0 Å². The van der Waals surface area contributed by atoms with Crippen LogP contribution in [0.2, 0.25) is 0 Å². The van der Waals surface area contributed by atoms with Crippen molar-refractivity contribution in [1.29, 1.82) is 0 Å². The van der Waals surface area contributed by atoms with Gasteiger partial charge < -0.3 is 9.79 Å². The highest BCUT2D eigenvalue weighted by Gasteiger charge is 2.15. The van der Waals surface area contributed by atoms with E-state index in [9.17, 15) is 4.57 Å². The minimum atomic E-state index is -4.03. The highest BCUT2D eigenvalue weighted by Crippen LogP contribution is 2.40. The van der Waals surface area contributed by atoms with Gasteiger partial charge in [-0.05, 0) is 34.7 Å². The van der Waals surface area contributed by atoms with Gasteiger partial charge in [0.25, 0.3) is 0 Å². The van der Waals surface area contributed by atoms with Crippen molar-refractivity contribution in [2.24, 2.45) is 0 Å². The number of hydrogen-bond acceptors (Lipinski definition) is 1. The van der Waals surface area contributed by atoms with Gasteiger partial charge in [0.05, 0.1) is 6.16 Å². The fraction of sp³-hybridized carbons (Fsp3) is 0.333. The van der Waals surface area contributed by atoms with Gasteiger partial charge in [-0.2, -0.15) is 0 Å². The van der Waals surface area contributed by atoms with Crippen LogP contribution in [-0.4, -0.2) is 9.79 Å². The molecule has 2 rings (SSSR count). The van der Waals surface area contributed by atoms with E-state index in [4.69, 9.17) is 9.79 Å². The molecular weight excluding hydrogens is 259 g/mol. The molecule has 0 aliphatic heterocycles. The summed E-state index contributed by atoms with van der Waals surface area (Å²) >= 11 is 0. The Hall–Kier alpha value is -1.15. The molecule has 0 aliphatic carbocycles. The molecule has 0 heterocycles. The zero-order valence-corrected chi connectivity index (χ0v) is 11.9. The van der Waals surface area contributed by atoms with Crippen LogP contribution in [0.5, 0.6) is 0 Å². The normalized spacial score (nSPS) is 11.9. The lowest BCUT2D eigenvalue weighted by molar-refractivity contribution is 0.372. The Balaban J connectivity index is 2.43. The summed E-state index contributed by atoms with van der Waals surface area (Å²) in [6, 6.07) is 11.8. The predicted molar refractivity (Wildman–Crippen MR) is 78.3 cm³/mol. The lowest BCUT2D eigenvalue weighted by atomic mass is 10.0. The van der Waals surface area contributed by atoms with Crippen LogP contribution in [0.1, 0.15) is 30.9 Å². The second-order valence-corrected chi connectivity index (χ2v) is 6.54. The number of unbranched alkanes of at least 4 members (excludes halogenated alkanes) is 1. The van der Waals surface area contributed by atoms with Gasteiger partial charge in [-0.15, -0.1) is 0 Å². The van der Waals surface area contributed by atoms with Gasteiger partial charge in [-0.3, -0.25) is 4.57 Å². The highest BCUT2D eigenvalue weighted by atomic mass is 31.2. The van der Waals surface area contributed by atoms with Crippen molar-refractivity contribution in [3.63, 3.8) is 0 Å². The molecule has 0 saturated carbocycles. The molecule has 0 atom stereocenters. The molecule has 19 heavy (non-hydrogen) atoms. The van der Waals surface area contributed by atoms with Crippen molar-refractivity contribution in [2.45, 2.75) is 32.3 Å². The summed E-state index contributed by atoms with van der Waals surface area (Å²) < 4.78 is 11.2. The SMILES string of the molecule is CCCCc1ccc2cccc(CP(=O)(O)O)c2c1. The lowest BCUT2D eigenvalue weighted by Crippen LogP contribution is -1.91.